The summed E-state index contributed by atoms with van der Waals surface area (Å²) >= 11 is 3.27. The van der Waals surface area contributed by atoms with Gasteiger partial charge in [-0.2, -0.15) is 0 Å². The van der Waals surface area contributed by atoms with Gasteiger partial charge in [0, 0.05) is 13.3 Å². The summed E-state index contributed by atoms with van der Waals surface area (Å²) in [5, 5.41) is 0. The van der Waals surface area contributed by atoms with Crippen LogP contribution in [0.1, 0.15) is 38.0 Å². The molecule has 0 fully saturated rings. The summed E-state index contributed by atoms with van der Waals surface area (Å²) in [6, 6.07) is 5.41. The first-order valence-electron chi connectivity index (χ1n) is 5.89. The van der Waals surface area contributed by atoms with Crippen molar-refractivity contribution in [2.24, 2.45) is 0 Å². The maximum Gasteiger partial charge on any atom is 0.305 e. The number of hydrogen-bond acceptors (Lipinski definition) is 5. The van der Waals surface area contributed by atoms with Crippen LogP contribution in [-0.4, -0.2) is 24.0 Å². The molecule has 0 saturated heterocycles. The van der Waals surface area contributed by atoms with Crippen LogP contribution in [0.3, 0.4) is 0 Å². The molecule has 1 atom stereocenters. The number of carbonyl (C=O) groups excluding carboxylic acids is 2. The van der Waals surface area contributed by atoms with Crippen LogP contribution >= 0.6 is 15.9 Å². The van der Waals surface area contributed by atoms with E-state index in [1.54, 1.807) is 12.1 Å². The van der Waals surface area contributed by atoms with Crippen LogP contribution in [0, 0.1) is 0 Å². The highest BCUT2D eigenvalue weighted by molar-refractivity contribution is 9.10. The standard InChI is InChI=1S/C13H16BrNO4/c1-9(16)19-11(6-4-8-13(17)18-2)10-5-3-7-12(14)15-10/h3,5,7,11H,4,6,8H2,1-2H3/t11-/m0/s1. The molecule has 0 radical (unpaired) electrons. The minimum atomic E-state index is -0.445. The molecule has 1 aromatic rings. The molecular weight excluding hydrogens is 314 g/mol. The van der Waals surface area contributed by atoms with Gasteiger partial charge >= 0.3 is 11.9 Å². The van der Waals surface area contributed by atoms with Gasteiger partial charge in [0.05, 0.1) is 12.8 Å². The lowest BCUT2D eigenvalue weighted by Crippen LogP contribution is -2.11. The number of carbonyl (C=O) groups is 2. The molecule has 19 heavy (non-hydrogen) atoms. The summed E-state index contributed by atoms with van der Waals surface area (Å²) in [6.07, 6.45) is 0.943. The first-order chi connectivity index (χ1) is 9.02. The molecule has 0 N–H and O–H groups in total. The quantitative estimate of drug-likeness (QED) is 0.593. The number of ether oxygens (including phenoxy) is 2. The molecule has 0 unspecified atom stereocenters. The molecule has 0 saturated carbocycles. The Morgan fingerprint density at radius 1 is 1.42 bits per heavy atom. The zero-order valence-electron chi connectivity index (χ0n) is 10.9. The number of esters is 2. The normalized spacial score (nSPS) is 11.7. The van der Waals surface area contributed by atoms with Crippen molar-refractivity contribution in [2.45, 2.75) is 32.3 Å². The average molecular weight is 330 g/mol. The Morgan fingerprint density at radius 3 is 2.74 bits per heavy atom. The number of aromatic nitrogens is 1. The predicted octanol–water partition coefficient (Wildman–Crippen LogP) is 2.79. The van der Waals surface area contributed by atoms with Crippen molar-refractivity contribution in [1.29, 1.82) is 0 Å². The summed E-state index contributed by atoms with van der Waals surface area (Å²) in [5.74, 6) is -0.645. The molecule has 1 rings (SSSR count). The van der Waals surface area contributed by atoms with Gasteiger partial charge in [-0.15, -0.1) is 0 Å². The zero-order chi connectivity index (χ0) is 14.3. The van der Waals surface area contributed by atoms with Crippen molar-refractivity contribution in [3.8, 4) is 0 Å². The van der Waals surface area contributed by atoms with Gasteiger partial charge in [0.1, 0.15) is 10.7 Å². The van der Waals surface area contributed by atoms with Crippen LogP contribution in [0.5, 0.6) is 0 Å². The van der Waals surface area contributed by atoms with Crippen molar-refractivity contribution in [3.05, 3.63) is 28.5 Å². The van der Waals surface area contributed by atoms with Crippen LogP contribution in [0.25, 0.3) is 0 Å². The number of nitrogens with zero attached hydrogens (tertiary/aromatic N) is 1. The Bertz CT molecular complexity index is 450. The SMILES string of the molecule is COC(=O)CCC[C@H](OC(C)=O)c1cccc(Br)n1. The third-order valence-electron chi connectivity index (χ3n) is 2.45. The fraction of sp³-hybridized carbons (Fsp3) is 0.462. The van der Waals surface area contributed by atoms with Crippen molar-refractivity contribution in [2.75, 3.05) is 7.11 Å². The van der Waals surface area contributed by atoms with Crippen molar-refractivity contribution < 1.29 is 19.1 Å². The van der Waals surface area contributed by atoms with E-state index >= 15 is 0 Å². The summed E-state index contributed by atoms with van der Waals surface area (Å²) in [4.78, 5) is 26.4. The van der Waals surface area contributed by atoms with E-state index in [9.17, 15) is 9.59 Å². The van der Waals surface area contributed by atoms with Crippen LogP contribution in [0.4, 0.5) is 0 Å². The first kappa shape index (κ1) is 15.6. The molecule has 1 heterocycles. The fourth-order valence-electron chi connectivity index (χ4n) is 1.60. The first-order valence-corrected chi connectivity index (χ1v) is 6.68. The number of hydrogen-bond donors (Lipinski definition) is 0. The van der Waals surface area contributed by atoms with E-state index in [1.165, 1.54) is 14.0 Å². The van der Waals surface area contributed by atoms with E-state index in [2.05, 4.69) is 25.7 Å². The van der Waals surface area contributed by atoms with E-state index in [-0.39, 0.29) is 11.9 Å². The van der Waals surface area contributed by atoms with Gasteiger partial charge in [0.15, 0.2) is 0 Å². The molecule has 0 bridgehead atoms. The summed E-state index contributed by atoms with van der Waals surface area (Å²) in [5.41, 5.74) is 0.662. The lowest BCUT2D eigenvalue weighted by atomic mass is 10.1. The summed E-state index contributed by atoms with van der Waals surface area (Å²) < 4.78 is 10.5. The van der Waals surface area contributed by atoms with Gasteiger partial charge in [0.25, 0.3) is 0 Å². The third kappa shape index (κ3) is 5.83. The number of rotatable bonds is 6. The highest BCUT2D eigenvalue weighted by Crippen LogP contribution is 2.23. The highest BCUT2D eigenvalue weighted by atomic mass is 79.9. The van der Waals surface area contributed by atoms with Crippen LogP contribution in [-0.2, 0) is 19.1 Å². The van der Waals surface area contributed by atoms with E-state index in [0.717, 1.165) is 0 Å². The molecule has 0 aliphatic heterocycles. The van der Waals surface area contributed by atoms with Crippen LogP contribution < -0.4 is 0 Å². The Labute approximate surface area is 120 Å². The Hall–Kier alpha value is -1.43. The third-order valence-corrected chi connectivity index (χ3v) is 2.89. The van der Waals surface area contributed by atoms with Gasteiger partial charge in [-0.05, 0) is 40.9 Å². The number of methoxy groups -OCH3 is 1. The van der Waals surface area contributed by atoms with E-state index in [4.69, 9.17) is 4.74 Å². The maximum absolute atomic E-state index is 11.1. The van der Waals surface area contributed by atoms with E-state index in [0.29, 0.717) is 29.6 Å². The van der Waals surface area contributed by atoms with Gasteiger partial charge in [0.2, 0.25) is 0 Å². The number of pyridine rings is 1. The van der Waals surface area contributed by atoms with E-state index in [1.807, 2.05) is 6.07 Å². The molecule has 104 valence electrons. The molecule has 0 amide bonds. The minimum absolute atomic E-state index is 0.274. The number of halogens is 1. The second-order valence-electron chi connectivity index (χ2n) is 3.95. The smallest absolute Gasteiger partial charge is 0.305 e. The second kappa shape index (κ2) is 7.89. The lowest BCUT2D eigenvalue weighted by Gasteiger charge is -2.16. The molecule has 0 aliphatic carbocycles. The Morgan fingerprint density at radius 2 is 2.16 bits per heavy atom. The molecule has 0 aromatic carbocycles. The van der Waals surface area contributed by atoms with Gasteiger partial charge in [-0.3, -0.25) is 9.59 Å². The largest absolute Gasteiger partial charge is 0.469 e. The van der Waals surface area contributed by atoms with Gasteiger partial charge in [-0.25, -0.2) is 4.98 Å². The summed E-state index contributed by atoms with van der Waals surface area (Å²) in [6.45, 7) is 1.35. The van der Waals surface area contributed by atoms with Gasteiger partial charge in [-0.1, -0.05) is 6.07 Å². The minimum Gasteiger partial charge on any atom is -0.469 e. The Balaban J connectivity index is 2.66. The monoisotopic (exact) mass is 329 g/mol. The highest BCUT2D eigenvalue weighted by Gasteiger charge is 2.17. The van der Waals surface area contributed by atoms with Crippen molar-refractivity contribution >= 4 is 27.9 Å². The molecule has 0 aliphatic rings. The molecule has 0 spiro atoms. The van der Waals surface area contributed by atoms with Crippen LogP contribution in [0.15, 0.2) is 22.8 Å². The zero-order valence-corrected chi connectivity index (χ0v) is 12.5. The average Bonchev–Trinajstić information content (AvgIpc) is 2.36. The lowest BCUT2D eigenvalue weighted by molar-refractivity contribution is -0.147. The predicted molar refractivity (Wildman–Crippen MR) is 72.3 cm³/mol. The van der Waals surface area contributed by atoms with Crippen LogP contribution in [0.2, 0.25) is 0 Å². The van der Waals surface area contributed by atoms with Crippen molar-refractivity contribution in [3.63, 3.8) is 0 Å². The maximum atomic E-state index is 11.1. The van der Waals surface area contributed by atoms with Gasteiger partial charge < -0.3 is 9.47 Å². The molecule has 6 heteroatoms. The molecule has 5 nitrogen and oxygen atoms in total. The second-order valence-corrected chi connectivity index (χ2v) is 4.76. The fourth-order valence-corrected chi connectivity index (χ4v) is 1.96. The van der Waals surface area contributed by atoms with Crippen molar-refractivity contribution in [1.82, 2.24) is 4.98 Å². The molecular formula is C13H16BrNO4. The van der Waals surface area contributed by atoms with E-state index < -0.39 is 6.10 Å². The Kier molecular flexibility index (Phi) is 6.49. The molecule has 1 aromatic heterocycles. The summed E-state index contributed by atoms with van der Waals surface area (Å²) in [7, 11) is 1.35. The topological polar surface area (TPSA) is 65.5 Å².